The van der Waals surface area contributed by atoms with E-state index in [-0.39, 0.29) is 5.91 Å². The number of thiazole rings is 1. The maximum atomic E-state index is 11.5. The van der Waals surface area contributed by atoms with Crippen molar-refractivity contribution >= 4 is 33.4 Å². The van der Waals surface area contributed by atoms with Gasteiger partial charge in [0, 0.05) is 6.42 Å². The summed E-state index contributed by atoms with van der Waals surface area (Å²) in [4.78, 5) is 26.7. The second-order valence-electron chi connectivity index (χ2n) is 4.91. The number of aryl methyl sites for hydroxylation is 1. The zero-order valence-electron chi connectivity index (χ0n) is 11.8. The van der Waals surface area contributed by atoms with Crippen LogP contribution in [-0.2, 0) is 16.0 Å². The van der Waals surface area contributed by atoms with Crippen molar-refractivity contribution in [3.8, 4) is 0 Å². The van der Waals surface area contributed by atoms with Gasteiger partial charge in [0.05, 0.1) is 15.2 Å². The average Bonchev–Trinajstić information content (AvgIpc) is 2.86. The fourth-order valence-corrected chi connectivity index (χ4v) is 2.97. The fourth-order valence-electron chi connectivity index (χ4n) is 1.96. The summed E-state index contributed by atoms with van der Waals surface area (Å²) in [5, 5.41) is 12.2. The number of rotatable bonds is 7. The molecule has 0 aliphatic carbocycles. The molecular weight excluding hydrogens is 288 g/mol. The Balaban J connectivity index is 1.72. The minimum absolute atomic E-state index is 0.214. The molecule has 0 spiro atoms. The van der Waals surface area contributed by atoms with Crippen molar-refractivity contribution in [3.63, 3.8) is 0 Å². The first-order valence-corrected chi connectivity index (χ1v) is 7.74. The summed E-state index contributed by atoms with van der Waals surface area (Å²) < 4.78 is 1.18. The lowest BCUT2D eigenvalue weighted by molar-refractivity contribution is -0.141. The second kappa shape index (κ2) is 7.17. The molecule has 0 aliphatic rings. The number of hydrogen-bond donors (Lipinski definition) is 2. The molecule has 5 nitrogen and oxygen atoms in total. The molecule has 1 atom stereocenters. The van der Waals surface area contributed by atoms with E-state index in [0.717, 1.165) is 29.8 Å². The molecule has 112 valence electrons. The number of carbonyl (C=O) groups excluding carboxylic acids is 1. The van der Waals surface area contributed by atoms with Crippen molar-refractivity contribution in [1.29, 1.82) is 0 Å². The van der Waals surface area contributed by atoms with Gasteiger partial charge in [-0.15, -0.1) is 11.3 Å². The molecule has 0 radical (unpaired) electrons. The van der Waals surface area contributed by atoms with E-state index in [1.807, 2.05) is 18.2 Å². The number of carbonyl (C=O) groups is 2. The van der Waals surface area contributed by atoms with E-state index in [1.54, 1.807) is 11.3 Å². The Kier molecular flexibility index (Phi) is 5.27. The van der Waals surface area contributed by atoms with Gasteiger partial charge in [-0.2, -0.15) is 0 Å². The zero-order chi connectivity index (χ0) is 15.2. The number of para-hydroxylation sites is 1. The number of aliphatic carboxylic acids is 1. The smallest absolute Gasteiger partial charge is 0.325 e. The first-order chi connectivity index (χ1) is 10.1. The van der Waals surface area contributed by atoms with Crippen molar-refractivity contribution in [3.05, 3.63) is 29.3 Å². The molecule has 2 rings (SSSR count). The number of carboxylic acids is 1. The highest BCUT2D eigenvalue weighted by Gasteiger charge is 2.13. The van der Waals surface area contributed by atoms with Gasteiger partial charge in [0.15, 0.2) is 0 Å². The van der Waals surface area contributed by atoms with Crippen LogP contribution in [0.2, 0.25) is 0 Å². The van der Waals surface area contributed by atoms with E-state index in [1.165, 1.54) is 11.6 Å². The van der Waals surface area contributed by atoms with Crippen LogP contribution in [0.1, 0.15) is 31.2 Å². The number of nitrogens with one attached hydrogen (secondary N) is 1. The van der Waals surface area contributed by atoms with Gasteiger partial charge in [0.2, 0.25) is 5.91 Å². The summed E-state index contributed by atoms with van der Waals surface area (Å²) in [5.74, 6) is -1.23. The lowest BCUT2D eigenvalue weighted by Crippen LogP contribution is -2.38. The predicted molar refractivity (Wildman–Crippen MR) is 82.4 cm³/mol. The number of amides is 1. The Morgan fingerprint density at radius 3 is 2.81 bits per heavy atom. The average molecular weight is 306 g/mol. The van der Waals surface area contributed by atoms with Gasteiger partial charge in [0.1, 0.15) is 6.04 Å². The lowest BCUT2D eigenvalue weighted by atomic mass is 10.2. The largest absolute Gasteiger partial charge is 0.480 e. The van der Waals surface area contributed by atoms with E-state index in [4.69, 9.17) is 5.11 Å². The first-order valence-electron chi connectivity index (χ1n) is 6.93. The number of nitrogens with zero attached hydrogens (tertiary/aromatic N) is 1. The van der Waals surface area contributed by atoms with Crippen molar-refractivity contribution in [2.75, 3.05) is 0 Å². The van der Waals surface area contributed by atoms with Crippen LogP contribution in [0.5, 0.6) is 0 Å². The number of fused-ring (bicyclic) bond motifs is 1. The second-order valence-corrected chi connectivity index (χ2v) is 6.03. The first kappa shape index (κ1) is 15.4. The van der Waals surface area contributed by atoms with Gasteiger partial charge in [-0.3, -0.25) is 9.59 Å². The third kappa shape index (κ3) is 4.53. The van der Waals surface area contributed by atoms with E-state index < -0.39 is 12.0 Å². The topological polar surface area (TPSA) is 79.3 Å². The van der Waals surface area contributed by atoms with Gasteiger partial charge < -0.3 is 10.4 Å². The Morgan fingerprint density at radius 1 is 1.33 bits per heavy atom. The maximum absolute atomic E-state index is 11.5. The summed E-state index contributed by atoms with van der Waals surface area (Å²) in [5.41, 5.74) is 1.02. The molecule has 1 aromatic carbocycles. The summed E-state index contributed by atoms with van der Waals surface area (Å²) in [7, 11) is 0. The highest BCUT2D eigenvalue weighted by atomic mass is 32.1. The molecule has 6 heteroatoms. The highest BCUT2D eigenvalue weighted by molar-refractivity contribution is 7.18. The molecule has 1 unspecified atom stereocenters. The SMILES string of the molecule is CC(NC(=O)CCCCc1nc2ccccc2s1)C(=O)O. The van der Waals surface area contributed by atoms with Crippen LogP contribution in [0.3, 0.4) is 0 Å². The third-order valence-corrected chi connectivity index (χ3v) is 4.23. The molecule has 0 aliphatic heterocycles. The fraction of sp³-hybridized carbons (Fsp3) is 0.400. The Labute approximate surface area is 127 Å². The van der Waals surface area contributed by atoms with Gasteiger partial charge >= 0.3 is 5.97 Å². The Bertz CT molecular complexity index is 606. The molecule has 2 aromatic rings. The summed E-state index contributed by atoms with van der Waals surface area (Å²) in [6, 6.07) is 7.19. The Morgan fingerprint density at radius 2 is 2.10 bits per heavy atom. The minimum atomic E-state index is -1.02. The van der Waals surface area contributed by atoms with Crippen molar-refractivity contribution < 1.29 is 14.7 Å². The van der Waals surface area contributed by atoms with Crippen molar-refractivity contribution in [2.24, 2.45) is 0 Å². The van der Waals surface area contributed by atoms with E-state index in [9.17, 15) is 9.59 Å². The molecule has 1 aromatic heterocycles. The number of hydrogen-bond acceptors (Lipinski definition) is 4. The molecule has 0 saturated heterocycles. The third-order valence-electron chi connectivity index (χ3n) is 3.13. The number of benzene rings is 1. The van der Waals surface area contributed by atoms with E-state index >= 15 is 0 Å². The van der Waals surface area contributed by atoms with Gasteiger partial charge in [-0.25, -0.2) is 4.98 Å². The van der Waals surface area contributed by atoms with Crippen LogP contribution in [-0.4, -0.2) is 28.0 Å². The number of unbranched alkanes of at least 4 members (excludes halogenated alkanes) is 1. The predicted octanol–water partition coefficient (Wildman–Crippen LogP) is 2.60. The van der Waals surface area contributed by atoms with Gasteiger partial charge in [-0.05, 0) is 38.3 Å². The molecule has 2 N–H and O–H groups in total. The zero-order valence-corrected chi connectivity index (χ0v) is 12.7. The van der Waals surface area contributed by atoms with Crippen molar-refractivity contribution in [1.82, 2.24) is 10.3 Å². The Hall–Kier alpha value is -1.95. The summed E-state index contributed by atoms with van der Waals surface area (Å²) in [6.07, 6.45) is 2.80. The van der Waals surface area contributed by atoms with E-state index in [2.05, 4.69) is 16.4 Å². The quantitative estimate of drug-likeness (QED) is 0.771. The maximum Gasteiger partial charge on any atom is 0.325 e. The van der Waals surface area contributed by atoms with Crippen LogP contribution in [0.25, 0.3) is 10.2 Å². The van der Waals surface area contributed by atoms with Gasteiger partial charge in [0.25, 0.3) is 0 Å². The van der Waals surface area contributed by atoms with Gasteiger partial charge in [-0.1, -0.05) is 12.1 Å². The van der Waals surface area contributed by atoms with Crippen LogP contribution in [0, 0.1) is 0 Å². The molecule has 1 amide bonds. The summed E-state index contributed by atoms with van der Waals surface area (Å²) in [6.45, 7) is 1.46. The van der Waals surface area contributed by atoms with Crippen molar-refractivity contribution in [2.45, 2.75) is 38.6 Å². The highest BCUT2D eigenvalue weighted by Crippen LogP contribution is 2.22. The molecule has 0 bridgehead atoms. The van der Waals surface area contributed by atoms with Crippen LogP contribution < -0.4 is 5.32 Å². The molecule has 1 heterocycles. The van der Waals surface area contributed by atoms with E-state index in [0.29, 0.717) is 6.42 Å². The molecule has 0 saturated carbocycles. The number of aromatic nitrogens is 1. The molecular formula is C15H18N2O3S. The number of carboxylic acid groups (broad SMARTS) is 1. The molecule has 0 fully saturated rings. The minimum Gasteiger partial charge on any atom is -0.480 e. The van der Waals surface area contributed by atoms with Crippen LogP contribution in [0.4, 0.5) is 0 Å². The normalized spacial score (nSPS) is 12.2. The monoisotopic (exact) mass is 306 g/mol. The van der Waals surface area contributed by atoms with Crippen LogP contribution in [0.15, 0.2) is 24.3 Å². The molecule has 21 heavy (non-hydrogen) atoms. The lowest BCUT2D eigenvalue weighted by Gasteiger charge is -2.08. The van der Waals surface area contributed by atoms with Crippen LogP contribution >= 0.6 is 11.3 Å². The summed E-state index contributed by atoms with van der Waals surface area (Å²) >= 11 is 1.68. The standard InChI is InChI=1S/C15H18N2O3S/c1-10(15(19)20)16-13(18)8-4-5-9-14-17-11-6-2-3-7-12(11)21-14/h2-3,6-7,10H,4-5,8-9H2,1H3,(H,16,18)(H,19,20).